The van der Waals surface area contributed by atoms with E-state index in [1.54, 1.807) is 6.07 Å². The zero-order chi connectivity index (χ0) is 13.9. The minimum atomic E-state index is -3.70. The number of nitrogen functional groups attached to an aromatic ring is 1. The first-order chi connectivity index (χ1) is 8.99. The molecule has 2 rings (SSSR count). The number of anilines is 1. The van der Waals surface area contributed by atoms with Gasteiger partial charge >= 0.3 is 0 Å². The molecule has 0 unspecified atom stereocenters. The number of nitrogens with zero attached hydrogens (tertiary/aromatic N) is 1. The Morgan fingerprint density at radius 1 is 1.21 bits per heavy atom. The lowest BCUT2D eigenvalue weighted by atomic mass is 10.2. The minimum Gasteiger partial charge on any atom is -0.396 e. The highest BCUT2D eigenvalue weighted by atomic mass is 79.9. The largest absolute Gasteiger partial charge is 0.396 e. The highest BCUT2D eigenvalue weighted by Gasteiger charge is 2.18. The van der Waals surface area contributed by atoms with Crippen LogP contribution in [0.4, 0.5) is 5.69 Å². The second-order valence-electron chi connectivity index (χ2n) is 3.85. The van der Waals surface area contributed by atoms with Crippen molar-refractivity contribution in [3.8, 4) is 0 Å². The average molecular weight is 342 g/mol. The Bertz CT molecular complexity index is 672. The number of sulfonamides is 1. The molecule has 0 amide bonds. The maximum atomic E-state index is 12.0. The van der Waals surface area contributed by atoms with E-state index in [9.17, 15) is 8.42 Å². The summed E-state index contributed by atoms with van der Waals surface area (Å²) in [7, 11) is -3.70. The van der Waals surface area contributed by atoms with Crippen molar-refractivity contribution in [3.63, 3.8) is 0 Å². The standard InChI is InChI=1S/C12H12BrN3O2S/c13-10-5-3-9(4-6-10)8-16-19(17,18)12-11(14)2-1-7-15-12/h1-7,16H,8,14H2. The van der Waals surface area contributed by atoms with Gasteiger partial charge in [-0.3, -0.25) is 0 Å². The molecule has 0 saturated carbocycles. The number of benzene rings is 1. The van der Waals surface area contributed by atoms with Crippen molar-refractivity contribution in [2.75, 3.05) is 5.73 Å². The molecule has 0 aliphatic rings. The topological polar surface area (TPSA) is 85.1 Å². The predicted molar refractivity (Wildman–Crippen MR) is 76.8 cm³/mol. The fraction of sp³-hybridized carbons (Fsp3) is 0.0833. The summed E-state index contributed by atoms with van der Waals surface area (Å²) in [4.78, 5) is 3.79. The van der Waals surface area contributed by atoms with Crippen molar-refractivity contribution in [2.45, 2.75) is 11.6 Å². The van der Waals surface area contributed by atoms with E-state index < -0.39 is 10.0 Å². The van der Waals surface area contributed by atoms with Gasteiger partial charge in [0.1, 0.15) is 0 Å². The summed E-state index contributed by atoms with van der Waals surface area (Å²) in [5, 5.41) is -0.146. The summed E-state index contributed by atoms with van der Waals surface area (Å²) >= 11 is 3.32. The van der Waals surface area contributed by atoms with Gasteiger partial charge in [-0.15, -0.1) is 0 Å². The normalized spacial score (nSPS) is 11.4. The molecule has 1 aromatic carbocycles. The molecule has 0 atom stereocenters. The third kappa shape index (κ3) is 3.52. The van der Waals surface area contributed by atoms with Gasteiger partial charge in [-0.05, 0) is 29.8 Å². The van der Waals surface area contributed by atoms with Crippen LogP contribution >= 0.6 is 15.9 Å². The van der Waals surface area contributed by atoms with Crippen LogP contribution in [0, 0.1) is 0 Å². The van der Waals surface area contributed by atoms with E-state index in [1.165, 1.54) is 12.3 Å². The molecule has 0 radical (unpaired) electrons. The number of halogens is 1. The van der Waals surface area contributed by atoms with Crippen LogP contribution in [0.3, 0.4) is 0 Å². The van der Waals surface area contributed by atoms with Crippen LogP contribution in [0.15, 0.2) is 52.1 Å². The highest BCUT2D eigenvalue weighted by molar-refractivity contribution is 9.10. The molecule has 7 heteroatoms. The summed E-state index contributed by atoms with van der Waals surface area (Å²) in [5.74, 6) is 0. The average Bonchev–Trinajstić information content (AvgIpc) is 2.38. The molecular weight excluding hydrogens is 330 g/mol. The van der Waals surface area contributed by atoms with Crippen molar-refractivity contribution in [1.29, 1.82) is 0 Å². The predicted octanol–water partition coefficient (Wildman–Crippen LogP) is 1.90. The smallest absolute Gasteiger partial charge is 0.260 e. The first-order valence-electron chi connectivity index (χ1n) is 5.43. The summed E-state index contributed by atoms with van der Waals surface area (Å²) in [6.07, 6.45) is 1.39. The Kier molecular flexibility index (Phi) is 4.18. The van der Waals surface area contributed by atoms with Crippen molar-refractivity contribution < 1.29 is 8.42 Å². The Hall–Kier alpha value is -1.44. The van der Waals surface area contributed by atoms with Gasteiger partial charge in [-0.2, -0.15) is 0 Å². The van der Waals surface area contributed by atoms with Crippen LogP contribution in [0.1, 0.15) is 5.56 Å². The molecular formula is C12H12BrN3O2S. The van der Waals surface area contributed by atoms with Gasteiger partial charge in [0, 0.05) is 17.2 Å². The first-order valence-corrected chi connectivity index (χ1v) is 7.71. The second kappa shape index (κ2) is 5.68. The maximum absolute atomic E-state index is 12.0. The summed E-state index contributed by atoms with van der Waals surface area (Å²) in [6, 6.07) is 10.4. The van der Waals surface area contributed by atoms with Gasteiger partial charge in [-0.1, -0.05) is 28.1 Å². The van der Waals surface area contributed by atoms with E-state index in [1.807, 2.05) is 24.3 Å². The van der Waals surface area contributed by atoms with E-state index in [-0.39, 0.29) is 17.3 Å². The van der Waals surface area contributed by atoms with E-state index in [2.05, 4.69) is 25.6 Å². The first kappa shape index (κ1) is 14.0. The molecule has 0 spiro atoms. The lowest BCUT2D eigenvalue weighted by Gasteiger charge is -2.08. The van der Waals surface area contributed by atoms with Crippen LogP contribution in [-0.2, 0) is 16.6 Å². The Morgan fingerprint density at radius 3 is 2.53 bits per heavy atom. The highest BCUT2D eigenvalue weighted by Crippen LogP contribution is 2.15. The molecule has 19 heavy (non-hydrogen) atoms. The van der Waals surface area contributed by atoms with Gasteiger partial charge in [0.05, 0.1) is 5.69 Å². The SMILES string of the molecule is Nc1cccnc1S(=O)(=O)NCc1ccc(Br)cc1. The lowest BCUT2D eigenvalue weighted by Crippen LogP contribution is -2.25. The van der Waals surface area contributed by atoms with Gasteiger partial charge in [0.15, 0.2) is 5.03 Å². The molecule has 0 saturated heterocycles. The molecule has 0 aliphatic carbocycles. The van der Waals surface area contributed by atoms with Crippen molar-refractivity contribution in [1.82, 2.24) is 9.71 Å². The molecule has 1 aromatic heterocycles. The molecule has 3 N–H and O–H groups in total. The van der Waals surface area contributed by atoms with E-state index in [0.29, 0.717) is 0 Å². The number of nitrogens with two attached hydrogens (primary N) is 1. The number of nitrogens with one attached hydrogen (secondary N) is 1. The monoisotopic (exact) mass is 341 g/mol. The molecule has 0 fully saturated rings. The molecule has 5 nitrogen and oxygen atoms in total. The zero-order valence-corrected chi connectivity index (χ0v) is 12.3. The van der Waals surface area contributed by atoms with Crippen LogP contribution in [0.5, 0.6) is 0 Å². The Balaban J connectivity index is 2.14. The van der Waals surface area contributed by atoms with Crippen LogP contribution in [-0.4, -0.2) is 13.4 Å². The molecule has 0 bridgehead atoms. The summed E-state index contributed by atoms with van der Waals surface area (Å²) in [6.45, 7) is 0.186. The third-order valence-electron chi connectivity index (χ3n) is 2.43. The summed E-state index contributed by atoms with van der Waals surface area (Å²) < 4.78 is 27.5. The molecule has 2 aromatic rings. The number of hydrogen-bond donors (Lipinski definition) is 2. The number of pyridine rings is 1. The van der Waals surface area contributed by atoms with Crippen LogP contribution < -0.4 is 10.5 Å². The Labute approximate surface area is 120 Å². The molecule has 1 heterocycles. The van der Waals surface area contributed by atoms with Gasteiger partial charge < -0.3 is 5.73 Å². The quantitative estimate of drug-likeness (QED) is 0.889. The van der Waals surface area contributed by atoms with E-state index in [4.69, 9.17) is 5.73 Å². The van der Waals surface area contributed by atoms with Gasteiger partial charge in [0.2, 0.25) is 0 Å². The second-order valence-corrected chi connectivity index (χ2v) is 6.45. The fourth-order valence-corrected chi connectivity index (χ4v) is 2.81. The van der Waals surface area contributed by atoms with Crippen molar-refractivity contribution in [3.05, 3.63) is 52.6 Å². The number of hydrogen-bond acceptors (Lipinski definition) is 4. The lowest BCUT2D eigenvalue weighted by molar-refractivity contribution is 0.578. The van der Waals surface area contributed by atoms with Gasteiger partial charge in [-0.25, -0.2) is 18.1 Å². The van der Waals surface area contributed by atoms with Crippen LogP contribution in [0.2, 0.25) is 0 Å². The zero-order valence-electron chi connectivity index (χ0n) is 9.88. The number of rotatable bonds is 4. The molecule has 100 valence electrons. The van der Waals surface area contributed by atoms with Gasteiger partial charge in [0.25, 0.3) is 10.0 Å². The summed E-state index contributed by atoms with van der Waals surface area (Å²) in [5.41, 5.74) is 6.59. The van der Waals surface area contributed by atoms with E-state index >= 15 is 0 Å². The third-order valence-corrected chi connectivity index (χ3v) is 4.34. The maximum Gasteiger partial charge on any atom is 0.260 e. The Morgan fingerprint density at radius 2 is 1.89 bits per heavy atom. The molecule has 0 aliphatic heterocycles. The van der Waals surface area contributed by atoms with E-state index in [0.717, 1.165) is 10.0 Å². The van der Waals surface area contributed by atoms with Crippen molar-refractivity contribution >= 4 is 31.6 Å². The van der Waals surface area contributed by atoms with Crippen molar-refractivity contribution in [2.24, 2.45) is 0 Å². The minimum absolute atomic E-state index is 0.130. The van der Waals surface area contributed by atoms with Crippen LogP contribution in [0.25, 0.3) is 0 Å². The number of aromatic nitrogens is 1. The fourth-order valence-electron chi connectivity index (χ4n) is 1.48.